The number of oxime groups is 1. The topological polar surface area (TPSA) is 74.1 Å². The highest BCUT2D eigenvalue weighted by Crippen LogP contribution is 2.13. The molecule has 0 aliphatic heterocycles. The molecule has 0 radical (unpaired) electrons. The first-order chi connectivity index (χ1) is 9.02. The fourth-order valence-corrected chi connectivity index (χ4v) is 1.47. The molecule has 0 unspecified atom stereocenters. The molecule has 0 aliphatic carbocycles. The maximum atomic E-state index is 9.70. The molecule has 0 saturated heterocycles. The average molecular weight is 266 g/mol. The lowest BCUT2D eigenvalue weighted by Gasteiger charge is -2.15. The Kier molecular flexibility index (Phi) is 6.32. The SMILES string of the molecule is C/C(=N/O)c1ccc(OC[C@@H](O)CNC(C)C)cc1. The summed E-state index contributed by atoms with van der Waals surface area (Å²) in [6, 6.07) is 7.53. The van der Waals surface area contributed by atoms with Gasteiger partial charge in [-0.3, -0.25) is 0 Å². The van der Waals surface area contributed by atoms with Crippen LogP contribution < -0.4 is 10.1 Å². The number of nitrogens with zero attached hydrogens (tertiary/aromatic N) is 1. The van der Waals surface area contributed by atoms with Gasteiger partial charge in [0.15, 0.2) is 0 Å². The van der Waals surface area contributed by atoms with Crippen LogP contribution in [0.15, 0.2) is 29.4 Å². The molecule has 1 rings (SSSR count). The Balaban J connectivity index is 2.41. The highest BCUT2D eigenvalue weighted by Gasteiger charge is 2.06. The predicted octanol–water partition coefficient (Wildman–Crippen LogP) is 1.62. The zero-order valence-corrected chi connectivity index (χ0v) is 11.6. The first-order valence-corrected chi connectivity index (χ1v) is 6.36. The molecule has 0 spiro atoms. The second-order valence-electron chi connectivity index (χ2n) is 4.74. The third-order valence-electron chi connectivity index (χ3n) is 2.63. The number of aliphatic hydroxyl groups excluding tert-OH is 1. The van der Waals surface area contributed by atoms with E-state index in [0.717, 1.165) is 5.56 Å². The van der Waals surface area contributed by atoms with Crippen LogP contribution in [0.4, 0.5) is 0 Å². The first-order valence-electron chi connectivity index (χ1n) is 6.36. The molecule has 0 fully saturated rings. The second kappa shape index (κ2) is 7.76. The Labute approximate surface area is 113 Å². The lowest BCUT2D eigenvalue weighted by molar-refractivity contribution is 0.104. The number of nitrogens with one attached hydrogen (secondary N) is 1. The van der Waals surface area contributed by atoms with E-state index in [1.165, 1.54) is 0 Å². The van der Waals surface area contributed by atoms with Crippen LogP contribution in [0.25, 0.3) is 0 Å². The zero-order chi connectivity index (χ0) is 14.3. The Morgan fingerprint density at radius 2 is 1.95 bits per heavy atom. The van der Waals surface area contributed by atoms with Crippen LogP contribution in [0.1, 0.15) is 26.3 Å². The van der Waals surface area contributed by atoms with E-state index in [1.807, 2.05) is 26.0 Å². The number of ether oxygens (including phenoxy) is 1. The van der Waals surface area contributed by atoms with E-state index in [-0.39, 0.29) is 6.61 Å². The molecule has 1 aromatic carbocycles. The van der Waals surface area contributed by atoms with Crippen molar-refractivity contribution in [2.75, 3.05) is 13.2 Å². The van der Waals surface area contributed by atoms with Crippen LogP contribution in [0.2, 0.25) is 0 Å². The molecule has 1 atom stereocenters. The van der Waals surface area contributed by atoms with Gasteiger partial charge in [0.1, 0.15) is 18.5 Å². The molecule has 19 heavy (non-hydrogen) atoms. The normalized spacial score (nSPS) is 13.6. The molecule has 0 aromatic heterocycles. The van der Waals surface area contributed by atoms with E-state index in [2.05, 4.69) is 10.5 Å². The summed E-state index contributed by atoms with van der Waals surface area (Å²) in [5.41, 5.74) is 1.38. The average Bonchev–Trinajstić information content (AvgIpc) is 2.42. The van der Waals surface area contributed by atoms with E-state index in [9.17, 15) is 5.11 Å². The molecule has 0 heterocycles. The van der Waals surface area contributed by atoms with E-state index in [0.29, 0.717) is 24.0 Å². The van der Waals surface area contributed by atoms with Crippen molar-refractivity contribution in [1.29, 1.82) is 0 Å². The van der Waals surface area contributed by atoms with E-state index < -0.39 is 6.10 Å². The minimum Gasteiger partial charge on any atom is -0.491 e. The zero-order valence-electron chi connectivity index (χ0n) is 11.6. The van der Waals surface area contributed by atoms with Crippen molar-refractivity contribution in [3.8, 4) is 5.75 Å². The third-order valence-corrected chi connectivity index (χ3v) is 2.63. The number of aliphatic hydroxyl groups is 1. The fraction of sp³-hybridized carbons (Fsp3) is 0.500. The van der Waals surface area contributed by atoms with E-state index >= 15 is 0 Å². The molecular weight excluding hydrogens is 244 g/mol. The molecule has 0 saturated carbocycles. The van der Waals surface area contributed by atoms with Crippen LogP contribution in [-0.4, -0.2) is 41.3 Å². The molecule has 5 heteroatoms. The van der Waals surface area contributed by atoms with Crippen molar-refractivity contribution >= 4 is 5.71 Å². The second-order valence-corrected chi connectivity index (χ2v) is 4.74. The van der Waals surface area contributed by atoms with Gasteiger partial charge < -0.3 is 20.4 Å². The number of rotatable bonds is 7. The quantitative estimate of drug-likeness (QED) is 0.398. The van der Waals surface area contributed by atoms with Crippen LogP contribution in [0, 0.1) is 0 Å². The van der Waals surface area contributed by atoms with Gasteiger partial charge in [-0.1, -0.05) is 19.0 Å². The molecule has 0 bridgehead atoms. The Morgan fingerprint density at radius 3 is 2.47 bits per heavy atom. The summed E-state index contributed by atoms with van der Waals surface area (Å²) in [5.74, 6) is 0.679. The molecule has 5 nitrogen and oxygen atoms in total. The highest BCUT2D eigenvalue weighted by atomic mass is 16.5. The van der Waals surface area contributed by atoms with Crippen molar-refractivity contribution in [3.63, 3.8) is 0 Å². The molecule has 106 valence electrons. The molecule has 0 amide bonds. The lowest BCUT2D eigenvalue weighted by Crippen LogP contribution is -2.35. The maximum absolute atomic E-state index is 9.70. The minimum absolute atomic E-state index is 0.242. The van der Waals surface area contributed by atoms with Crippen molar-refractivity contribution in [2.45, 2.75) is 32.9 Å². The third kappa shape index (κ3) is 5.72. The lowest BCUT2D eigenvalue weighted by atomic mass is 10.1. The summed E-state index contributed by atoms with van der Waals surface area (Å²) in [5, 5.41) is 24.6. The summed E-state index contributed by atoms with van der Waals surface area (Å²) in [6.07, 6.45) is -0.539. The van der Waals surface area contributed by atoms with E-state index in [1.54, 1.807) is 19.1 Å². The van der Waals surface area contributed by atoms with Crippen molar-refractivity contribution < 1.29 is 15.1 Å². The standard InChI is InChI=1S/C14H22N2O3/c1-10(2)15-8-13(17)9-19-14-6-4-12(5-7-14)11(3)16-18/h4-7,10,13,15,17-18H,8-9H2,1-3H3/b16-11-/t13-/m0/s1. The van der Waals surface area contributed by atoms with Gasteiger partial charge in [0.05, 0.1) is 5.71 Å². The minimum atomic E-state index is -0.539. The highest BCUT2D eigenvalue weighted by molar-refractivity contribution is 5.98. The number of benzene rings is 1. The van der Waals surface area contributed by atoms with Crippen LogP contribution in [-0.2, 0) is 0 Å². The maximum Gasteiger partial charge on any atom is 0.119 e. The molecular formula is C14H22N2O3. The van der Waals surface area contributed by atoms with Gasteiger partial charge in [0, 0.05) is 12.6 Å². The van der Waals surface area contributed by atoms with Crippen molar-refractivity contribution in [1.82, 2.24) is 5.32 Å². The fourth-order valence-electron chi connectivity index (χ4n) is 1.47. The Bertz CT molecular complexity index is 402. The smallest absolute Gasteiger partial charge is 0.119 e. The van der Waals surface area contributed by atoms with Gasteiger partial charge in [0.25, 0.3) is 0 Å². The summed E-state index contributed by atoms with van der Waals surface area (Å²) in [4.78, 5) is 0. The van der Waals surface area contributed by atoms with Gasteiger partial charge in [-0.25, -0.2) is 0 Å². The van der Waals surface area contributed by atoms with Gasteiger partial charge in [-0.15, -0.1) is 0 Å². The van der Waals surface area contributed by atoms with Crippen LogP contribution in [0.3, 0.4) is 0 Å². The summed E-state index contributed by atoms with van der Waals surface area (Å²) in [6.45, 7) is 6.52. The molecule has 0 aliphatic rings. The summed E-state index contributed by atoms with van der Waals surface area (Å²) in [7, 11) is 0. The largest absolute Gasteiger partial charge is 0.491 e. The van der Waals surface area contributed by atoms with E-state index in [4.69, 9.17) is 9.94 Å². The van der Waals surface area contributed by atoms with Gasteiger partial charge >= 0.3 is 0 Å². The van der Waals surface area contributed by atoms with Crippen molar-refractivity contribution in [3.05, 3.63) is 29.8 Å². The number of hydrogen-bond donors (Lipinski definition) is 3. The molecule has 1 aromatic rings. The number of hydrogen-bond acceptors (Lipinski definition) is 5. The molecule has 3 N–H and O–H groups in total. The first kappa shape index (κ1) is 15.5. The van der Waals surface area contributed by atoms with Gasteiger partial charge in [-0.05, 0) is 36.8 Å². The van der Waals surface area contributed by atoms with Gasteiger partial charge in [0.2, 0.25) is 0 Å². The Hall–Kier alpha value is -1.59. The van der Waals surface area contributed by atoms with Crippen molar-refractivity contribution in [2.24, 2.45) is 5.16 Å². The monoisotopic (exact) mass is 266 g/mol. The summed E-state index contributed by atoms with van der Waals surface area (Å²) >= 11 is 0. The predicted molar refractivity (Wildman–Crippen MR) is 75.1 cm³/mol. The summed E-state index contributed by atoms with van der Waals surface area (Å²) < 4.78 is 5.48. The van der Waals surface area contributed by atoms with Gasteiger partial charge in [-0.2, -0.15) is 0 Å². The van der Waals surface area contributed by atoms with Crippen LogP contribution in [0.5, 0.6) is 5.75 Å². The Morgan fingerprint density at radius 1 is 1.32 bits per heavy atom. The van der Waals surface area contributed by atoms with Crippen LogP contribution >= 0.6 is 0 Å².